The first-order chi connectivity index (χ1) is 10.1. The van der Waals surface area contributed by atoms with E-state index in [0.717, 1.165) is 34.3 Å². The number of carbonyl (C=O) groups is 1. The number of hydrogen-bond acceptors (Lipinski definition) is 2. The van der Waals surface area contributed by atoms with Gasteiger partial charge >= 0.3 is 0 Å². The molecule has 1 aromatic carbocycles. The van der Waals surface area contributed by atoms with Crippen LogP contribution in [-0.2, 0) is 12.8 Å². The van der Waals surface area contributed by atoms with Crippen LogP contribution in [0.15, 0.2) is 34.8 Å². The van der Waals surface area contributed by atoms with Crippen molar-refractivity contribution < 1.29 is 4.79 Å². The number of para-hydroxylation sites is 1. The minimum absolute atomic E-state index is 0.125. The minimum Gasteiger partial charge on any atom is -0.304 e. The molecule has 0 saturated carbocycles. The van der Waals surface area contributed by atoms with Crippen molar-refractivity contribution in [2.75, 3.05) is 4.90 Å². The predicted molar refractivity (Wildman–Crippen MR) is 92.4 cm³/mol. The van der Waals surface area contributed by atoms with Crippen LogP contribution in [0, 0.1) is 0 Å². The SMILES string of the molecule is CCCc1sc(C(=O)N2c3ccccc3C[C@@H]2C)cc1Br. The number of nitrogens with zero attached hydrogens (tertiary/aromatic N) is 1. The molecule has 4 heteroatoms. The summed E-state index contributed by atoms with van der Waals surface area (Å²) in [5, 5.41) is 0. The molecule has 1 atom stereocenters. The standard InChI is InChI=1S/C17H18BrNOS/c1-3-6-15-13(18)10-16(21-15)17(20)19-11(2)9-12-7-4-5-8-14(12)19/h4-5,7-8,10-11H,3,6,9H2,1-2H3/t11-/m0/s1. The topological polar surface area (TPSA) is 20.3 Å². The molecule has 2 aromatic rings. The molecule has 3 rings (SSSR count). The highest BCUT2D eigenvalue weighted by Crippen LogP contribution is 2.36. The van der Waals surface area contributed by atoms with Gasteiger partial charge in [0.2, 0.25) is 0 Å². The molecule has 0 saturated heterocycles. The highest BCUT2D eigenvalue weighted by molar-refractivity contribution is 9.10. The van der Waals surface area contributed by atoms with E-state index in [1.165, 1.54) is 10.4 Å². The number of aryl methyl sites for hydroxylation is 1. The van der Waals surface area contributed by atoms with E-state index in [1.54, 1.807) is 11.3 Å². The van der Waals surface area contributed by atoms with E-state index in [1.807, 2.05) is 29.2 Å². The van der Waals surface area contributed by atoms with Gasteiger partial charge in [0.25, 0.3) is 5.91 Å². The molecule has 2 nitrogen and oxygen atoms in total. The van der Waals surface area contributed by atoms with Crippen molar-refractivity contribution >= 4 is 38.9 Å². The van der Waals surface area contributed by atoms with Gasteiger partial charge in [0.05, 0.1) is 4.88 Å². The lowest BCUT2D eigenvalue weighted by Crippen LogP contribution is -2.35. The highest BCUT2D eigenvalue weighted by atomic mass is 79.9. The van der Waals surface area contributed by atoms with Crippen molar-refractivity contribution in [3.05, 3.63) is 50.1 Å². The fourth-order valence-corrected chi connectivity index (χ4v) is 4.82. The fourth-order valence-electron chi connectivity index (χ4n) is 2.90. The lowest BCUT2D eigenvalue weighted by atomic mass is 10.1. The van der Waals surface area contributed by atoms with E-state index in [0.29, 0.717) is 0 Å². The number of thiophene rings is 1. The number of hydrogen-bond donors (Lipinski definition) is 0. The first-order valence-electron chi connectivity index (χ1n) is 7.31. The number of benzene rings is 1. The summed E-state index contributed by atoms with van der Waals surface area (Å²) in [4.78, 5) is 16.9. The van der Waals surface area contributed by atoms with E-state index < -0.39 is 0 Å². The van der Waals surface area contributed by atoms with Crippen LogP contribution in [-0.4, -0.2) is 11.9 Å². The Bertz CT molecular complexity index is 679. The van der Waals surface area contributed by atoms with Crippen molar-refractivity contribution in [2.45, 2.75) is 39.2 Å². The molecule has 110 valence electrons. The van der Waals surface area contributed by atoms with Crippen LogP contribution in [0.3, 0.4) is 0 Å². The fraction of sp³-hybridized carbons (Fsp3) is 0.353. The molecule has 2 heterocycles. The second-order valence-corrected chi connectivity index (χ2v) is 7.48. The minimum atomic E-state index is 0.125. The third-order valence-corrected chi connectivity index (χ3v) is 6.02. The molecule has 21 heavy (non-hydrogen) atoms. The molecule has 1 aliphatic heterocycles. The average molecular weight is 364 g/mol. The molecular formula is C17H18BrNOS. The first kappa shape index (κ1) is 14.8. The van der Waals surface area contributed by atoms with E-state index >= 15 is 0 Å². The number of anilines is 1. The quantitative estimate of drug-likeness (QED) is 0.746. The molecule has 0 N–H and O–H groups in total. The van der Waals surface area contributed by atoms with Crippen LogP contribution < -0.4 is 4.90 Å². The summed E-state index contributed by atoms with van der Waals surface area (Å²) in [5.41, 5.74) is 2.33. The highest BCUT2D eigenvalue weighted by Gasteiger charge is 2.32. The summed E-state index contributed by atoms with van der Waals surface area (Å²) in [6.07, 6.45) is 3.05. The van der Waals surface area contributed by atoms with Gasteiger partial charge < -0.3 is 4.90 Å². The van der Waals surface area contributed by atoms with Crippen LogP contribution in [0.5, 0.6) is 0 Å². The van der Waals surface area contributed by atoms with Crippen LogP contribution in [0.2, 0.25) is 0 Å². The summed E-state index contributed by atoms with van der Waals surface area (Å²) in [7, 11) is 0. The molecule has 1 aromatic heterocycles. The van der Waals surface area contributed by atoms with Crippen LogP contribution >= 0.6 is 27.3 Å². The van der Waals surface area contributed by atoms with Gasteiger partial charge in [-0.05, 0) is 53.4 Å². The molecular weight excluding hydrogens is 346 g/mol. The molecule has 0 fully saturated rings. The van der Waals surface area contributed by atoms with E-state index in [4.69, 9.17) is 0 Å². The summed E-state index contributed by atoms with van der Waals surface area (Å²) >= 11 is 5.20. The van der Waals surface area contributed by atoms with Gasteiger partial charge in [0, 0.05) is 21.1 Å². The Labute approximate surface area is 137 Å². The van der Waals surface area contributed by atoms with Crippen molar-refractivity contribution in [3.8, 4) is 0 Å². The molecule has 0 spiro atoms. The smallest absolute Gasteiger partial charge is 0.268 e. The van der Waals surface area contributed by atoms with Crippen molar-refractivity contribution in [2.24, 2.45) is 0 Å². The number of fused-ring (bicyclic) bond motifs is 1. The number of carbonyl (C=O) groups excluding carboxylic acids is 1. The van der Waals surface area contributed by atoms with Crippen LogP contribution in [0.1, 0.15) is 40.4 Å². The number of rotatable bonds is 3. The van der Waals surface area contributed by atoms with Crippen molar-refractivity contribution in [1.82, 2.24) is 0 Å². The zero-order valence-electron chi connectivity index (χ0n) is 12.2. The maximum Gasteiger partial charge on any atom is 0.268 e. The molecule has 0 unspecified atom stereocenters. The third kappa shape index (κ3) is 2.67. The Hall–Kier alpha value is -1.13. The monoisotopic (exact) mass is 363 g/mol. The van der Waals surface area contributed by atoms with Gasteiger partial charge in [-0.25, -0.2) is 0 Å². The Morgan fingerprint density at radius 1 is 1.43 bits per heavy atom. The predicted octanol–water partition coefficient (Wildman–Crippen LogP) is 5.05. The van der Waals surface area contributed by atoms with Gasteiger partial charge in [-0.2, -0.15) is 0 Å². The zero-order valence-corrected chi connectivity index (χ0v) is 14.6. The Morgan fingerprint density at radius 3 is 2.95 bits per heavy atom. The zero-order chi connectivity index (χ0) is 15.0. The Balaban J connectivity index is 1.94. The lowest BCUT2D eigenvalue weighted by molar-refractivity contribution is 0.0985. The molecule has 1 aliphatic rings. The Kier molecular flexibility index (Phi) is 4.18. The van der Waals surface area contributed by atoms with Gasteiger partial charge in [0.15, 0.2) is 0 Å². The number of halogens is 1. The van der Waals surface area contributed by atoms with Crippen molar-refractivity contribution in [1.29, 1.82) is 0 Å². The molecule has 1 amide bonds. The second-order valence-electron chi connectivity index (χ2n) is 5.49. The summed E-state index contributed by atoms with van der Waals surface area (Å²) in [6, 6.07) is 10.4. The summed E-state index contributed by atoms with van der Waals surface area (Å²) < 4.78 is 1.07. The Morgan fingerprint density at radius 2 is 2.19 bits per heavy atom. The average Bonchev–Trinajstić information content (AvgIpc) is 2.99. The second kappa shape index (κ2) is 5.93. The molecule has 0 aliphatic carbocycles. The van der Waals surface area contributed by atoms with E-state index in [-0.39, 0.29) is 11.9 Å². The first-order valence-corrected chi connectivity index (χ1v) is 8.92. The van der Waals surface area contributed by atoms with Gasteiger partial charge in [0.1, 0.15) is 0 Å². The lowest BCUT2D eigenvalue weighted by Gasteiger charge is -2.21. The van der Waals surface area contributed by atoms with Gasteiger partial charge in [-0.1, -0.05) is 31.5 Å². The molecule has 0 radical (unpaired) electrons. The maximum atomic E-state index is 12.9. The largest absolute Gasteiger partial charge is 0.304 e. The molecule has 0 bridgehead atoms. The van der Waals surface area contributed by atoms with E-state index in [9.17, 15) is 4.79 Å². The summed E-state index contributed by atoms with van der Waals surface area (Å²) in [6.45, 7) is 4.28. The van der Waals surface area contributed by atoms with Gasteiger partial charge in [-0.3, -0.25) is 4.79 Å². The summed E-state index contributed by atoms with van der Waals surface area (Å²) in [5.74, 6) is 0.125. The van der Waals surface area contributed by atoms with Crippen molar-refractivity contribution in [3.63, 3.8) is 0 Å². The number of amides is 1. The van der Waals surface area contributed by atoms with Gasteiger partial charge in [-0.15, -0.1) is 11.3 Å². The van der Waals surface area contributed by atoms with E-state index in [2.05, 4.69) is 35.8 Å². The maximum absolute atomic E-state index is 12.9. The normalized spacial score (nSPS) is 17.1. The van der Waals surface area contributed by atoms with Crippen LogP contribution in [0.4, 0.5) is 5.69 Å². The van der Waals surface area contributed by atoms with Crippen LogP contribution in [0.25, 0.3) is 0 Å². The third-order valence-electron chi connectivity index (χ3n) is 3.87.